The van der Waals surface area contributed by atoms with Crippen LogP contribution in [-0.2, 0) is 0 Å². The molecule has 3 aromatic rings. The summed E-state index contributed by atoms with van der Waals surface area (Å²) >= 11 is 1.45. The Morgan fingerprint density at radius 3 is 2.87 bits per heavy atom. The average molecular weight is 213 g/mol. The Hall–Kier alpha value is -1.81. The second-order valence-electron chi connectivity index (χ2n) is 3.14. The zero-order chi connectivity index (χ0) is 10.1. The molecule has 0 saturated heterocycles. The van der Waals surface area contributed by atoms with Crippen molar-refractivity contribution in [1.29, 1.82) is 0 Å². The number of aromatic nitrogens is 3. The van der Waals surface area contributed by atoms with E-state index in [0.29, 0.717) is 0 Å². The molecular formula is C11H7N3S. The lowest BCUT2D eigenvalue weighted by Gasteiger charge is -1.98. The van der Waals surface area contributed by atoms with Gasteiger partial charge in [0.15, 0.2) is 0 Å². The van der Waals surface area contributed by atoms with Crippen LogP contribution in [0.25, 0.3) is 21.5 Å². The lowest BCUT2D eigenvalue weighted by molar-refractivity contribution is 1.32. The van der Waals surface area contributed by atoms with Gasteiger partial charge in [0.05, 0.1) is 22.3 Å². The Morgan fingerprint density at radius 2 is 2.00 bits per heavy atom. The fourth-order valence-electron chi connectivity index (χ4n) is 1.45. The van der Waals surface area contributed by atoms with Gasteiger partial charge >= 0.3 is 0 Å². The first-order valence-corrected chi connectivity index (χ1v) is 5.33. The summed E-state index contributed by atoms with van der Waals surface area (Å²) < 4.78 is 4.06. The Kier molecular flexibility index (Phi) is 1.93. The fourth-order valence-corrected chi connectivity index (χ4v) is 2.02. The Balaban J connectivity index is 2.22. The van der Waals surface area contributed by atoms with Crippen LogP contribution in [0.5, 0.6) is 0 Å². The van der Waals surface area contributed by atoms with Crippen LogP contribution in [0.3, 0.4) is 0 Å². The summed E-state index contributed by atoms with van der Waals surface area (Å²) in [4.78, 5) is 9.67. The van der Waals surface area contributed by atoms with Crippen molar-refractivity contribution in [3.63, 3.8) is 0 Å². The number of fused-ring (bicyclic) bond motifs is 1. The molecule has 0 unspecified atom stereocenters. The summed E-state index contributed by atoms with van der Waals surface area (Å²) in [5.41, 5.74) is 1.88. The van der Waals surface area contributed by atoms with E-state index in [-0.39, 0.29) is 0 Å². The first-order chi connectivity index (χ1) is 7.43. The standard InChI is InChI=1S/C11H7N3S/c1-2-9(11-4-6-13-15-11)14-10-7-12-5-3-8(1)10/h1-7H. The lowest BCUT2D eigenvalue weighted by Crippen LogP contribution is -1.83. The van der Waals surface area contributed by atoms with E-state index < -0.39 is 0 Å². The molecule has 0 amide bonds. The fraction of sp³-hybridized carbons (Fsp3) is 0. The number of hydrogen-bond donors (Lipinski definition) is 0. The normalized spacial score (nSPS) is 10.7. The largest absolute Gasteiger partial charge is 0.262 e. The first kappa shape index (κ1) is 8.49. The van der Waals surface area contributed by atoms with Crippen LogP contribution >= 0.6 is 11.5 Å². The van der Waals surface area contributed by atoms with Gasteiger partial charge in [-0.1, -0.05) is 6.07 Å². The minimum absolute atomic E-state index is 0.920. The molecule has 0 aliphatic rings. The monoisotopic (exact) mass is 213 g/mol. The maximum absolute atomic E-state index is 4.53. The molecule has 3 heterocycles. The van der Waals surface area contributed by atoms with E-state index in [1.165, 1.54) is 11.5 Å². The third kappa shape index (κ3) is 1.49. The van der Waals surface area contributed by atoms with Crippen molar-refractivity contribution in [3.8, 4) is 10.6 Å². The van der Waals surface area contributed by atoms with Gasteiger partial charge in [0.2, 0.25) is 0 Å². The van der Waals surface area contributed by atoms with Crippen molar-refractivity contribution < 1.29 is 0 Å². The zero-order valence-corrected chi connectivity index (χ0v) is 8.61. The van der Waals surface area contributed by atoms with Gasteiger partial charge in [-0.15, -0.1) is 0 Å². The maximum atomic E-state index is 4.53. The van der Waals surface area contributed by atoms with E-state index in [0.717, 1.165) is 21.5 Å². The molecule has 0 aliphatic carbocycles. The summed E-state index contributed by atoms with van der Waals surface area (Å²) in [5.74, 6) is 0. The van der Waals surface area contributed by atoms with Gasteiger partial charge in [-0.25, -0.2) is 9.36 Å². The molecule has 0 aromatic carbocycles. The van der Waals surface area contributed by atoms with Gasteiger partial charge in [-0.3, -0.25) is 4.98 Å². The van der Waals surface area contributed by atoms with E-state index in [9.17, 15) is 0 Å². The van der Waals surface area contributed by atoms with Gasteiger partial charge < -0.3 is 0 Å². The molecule has 4 heteroatoms. The molecule has 0 radical (unpaired) electrons. The molecular weight excluding hydrogens is 206 g/mol. The summed E-state index contributed by atoms with van der Waals surface area (Å²) in [6.45, 7) is 0. The SMILES string of the molecule is c1cc2ccc(-c3ccns3)nc2cn1. The van der Waals surface area contributed by atoms with Crippen molar-refractivity contribution in [2.24, 2.45) is 0 Å². The Morgan fingerprint density at radius 1 is 1.00 bits per heavy atom. The number of pyridine rings is 2. The van der Waals surface area contributed by atoms with Crippen LogP contribution in [0.15, 0.2) is 42.9 Å². The summed E-state index contributed by atoms with van der Waals surface area (Å²) in [5, 5.41) is 1.11. The van der Waals surface area contributed by atoms with E-state index >= 15 is 0 Å². The zero-order valence-electron chi connectivity index (χ0n) is 7.79. The molecule has 15 heavy (non-hydrogen) atoms. The van der Waals surface area contributed by atoms with E-state index in [1.807, 2.05) is 18.2 Å². The van der Waals surface area contributed by atoms with Crippen LogP contribution in [-0.4, -0.2) is 14.3 Å². The van der Waals surface area contributed by atoms with Crippen molar-refractivity contribution >= 4 is 22.4 Å². The summed E-state index contributed by atoms with van der Waals surface area (Å²) in [6, 6.07) is 7.99. The number of nitrogens with zero attached hydrogens (tertiary/aromatic N) is 3. The molecule has 0 saturated carbocycles. The molecule has 0 fully saturated rings. The van der Waals surface area contributed by atoms with E-state index in [2.05, 4.69) is 20.4 Å². The minimum Gasteiger partial charge on any atom is -0.262 e. The van der Waals surface area contributed by atoms with Crippen molar-refractivity contribution in [3.05, 3.63) is 42.9 Å². The molecule has 0 aliphatic heterocycles. The number of hydrogen-bond acceptors (Lipinski definition) is 4. The molecule has 3 nitrogen and oxygen atoms in total. The van der Waals surface area contributed by atoms with Crippen LogP contribution in [0.4, 0.5) is 0 Å². The maximum Gasteiger partial charge on any atom is 0.0892 e. The summed E-state index contributed by atoms with van der Waals surface area (Å²) in [6.07, 6.45) is 5.34. The second-order valence-corrected chi connectivity index (χ2v) is 3.97. The van der Waals surface area contributed by atoms with Crippen LogP contribution in [0, 0.1) is 0 Å². The van der Waals surface area contributed by atoms with E-state index in [4.69, 9.17) is 0 Å². The second kappa shape index (κ2) is 3.40. The molecule has 0 N–H and O–H groups in total. The van der Waals surface area contributed by atoms with Gasteiger partial charge in [0, 0.05) is 17.8 Å². The number of rotatable bonds is 1. The minimum atomic E-state index is 0.920. The highest BCUT2D eigenvalue weighted by molar-refractivity contribution is 7.09. The quantitative estimate of drug-likeness (QED) is 0.624. The molecule has 3 aromatic heterocycles. The van der Waals surface area contributed by atoms with Crippen molar-refractivity contribution in [2.45, 2.75) is 0 Å². The van der Waals surface area contributed by atoms with Gasteiger partial charge in [-0.2, -0.15) is 0 Å². The van der Waals surface area contributed by atoms with Gasteiger partial charge in [-0.05, 0) is 29.7 Å². The van der Waals surface area contributed by atoms with Gasteiger partial charge in [0.25, 0.3) is 0 Å². The van der Waals surface area contributed by atoms with E-state index in [1.54, 1.807) is 18.6 Å². The van der Waals surface area contributed by atoms with Crippen LogP contribution < -0.4 is 0 Å². The molecule has 72 valence electrons. The predicted molar refractivity (Wildman–Crippen MR) is 60.6 cm³/mol. The molecule has 0 bridgehead atoms. The van der Waals surface area contributed by atoms with Crippen LogP contribution in [0.2, 0.25) is 0 Å². The van der Waals surface area contributed by atoms with Crippen molar-refractivity contribution in [2.75, 3.05) is 0 Å². The Bertz CT molecular complexity index is 590. The topological polar surface area (TPSA) is 38.7 Å². The highest BCUT2D eigenvalue weighted by atomic mass is 32.1. The van der Waals surface area contributed by atoms with Crippen LogP contribution in [0.1, 0.15) is 0 Å². The molecule has 0 atom stereocenters. The van der Waals surface area contributed by atoms with Crippen molar-refractivity contribution in [1.82, 2.24) is 14.3 Å². The molecule has 3 rings (SSSR count). The third-order valence-electron chi connectivity index (χ3n) is 2.18. The smallest absolute Gasteiger partial charge is 0.0892 e. The van der Waals surface area contributed by atoms with Gasteiger partial charge in [0.1, 0.15) is 0 Å². The highest BCUT2D eigenvalue weighted by Gasteiger charge is 2.02. The summed E-state index contributed by atoms with van der Waals surface area (Å²) in [7, 11) is 0. The highest BCUT2D eigenvalue weighted by Crippen LogP contribution is 2.22. The third-order valence-corrected chi connectivity index (χ3v) is 2.95. The first-order valence-electron chi connectivity index (χ1n) is 4.55. The predicted octanol–water partition coefficient (Wildman–Crippen LogP) is 2.75. The lowest BCUT2D eigenvalue weighted by atomic mass is 10.2. The Labute approximate surface area is 90.6 Å². The molecule has 0 spiro atoms. The average Bonchev–Trinajstić information content (AvgIpc) is 2.82.